The van der Waals surface area contributed by atoms with Crippen molar-refractivity contribution in [3.05, 3.63) is 46.0 Å². The molecule has 1 saturated carbocycles. The molecule has 1 heterocycles. The van der Waals surface area contributed by atoms with Crippen LogP contribution in [0.1, 0.15) is 42.1 Å². The smallest absolute Gasteiger partial charge is 0.195 e. The van der Waals surface area contributed by atoms with Gasteiger partial charge in [-0.1, -0.05) is 29.8 Å². The standard InChI is InChI=1S/C14H17N3S/c1-3-17-13(15-16-14(17)18)12-8-11(12)10-6-4-9(2)5-7-10/h4-7,11-12H,3,8H2,1-2H3,(H,16,18)/t11-,12+/m1/s1. The third-order valence-corrected chi connectivity index (χ3v) is 4.04. The number of nitrogens with one attached hydrogen (secondary N) is 1. The maximum absolute atomic E-state index is 5.24. The van der Waals surface area contributed by atoms with Crippen LogP contribution in [0.25, 0.3) is 0 Å². The Bertz CT molecular complexity index is 609. The van der Waals surface area contributed by atoms with Crippen LogP contribution in [0, 0.1) is 11.7 Å². The molecule has 0 saturated heterocycles. The largest absolute Gasteiger partial charge is 0.304 e. The van der Waals surface area contributed by atoms with Crippen molar-refractivity contribution in [1.82, 2.24) is 14.8 Å². The molecule has 0 spiro atoms. The number of benzene rings is 1. The van der Waals surface area contributed by atoms with E-state index in [1.54, 1.807) is 0 Å². The van der Waals surface area contributed by atoms with E-state index in [4.69, 9.17) is 12.2 Å². The molecule has 2 atom stereocenters. The van der Waals surface area contributed by atoms with E-state index in [9.17, 15) is 0 Å². The van der Waals surface area contributed by atoms with Crippen LogP contribution in [0.2, 0.25) is 0 Å². The molecule has 1 fully saturated rings. The summed E-state index contributed by atoms with van der Waals surface area (Å²) in [5, 5.41) is 7.29. The first-order valence-electron chi connectivity index (χ1n) is 6.42. The van der Waals surface area contributed by atoms with Crippen LogP contribution in [0.15, 0.2) is 24.3 Å². The molecule has 1 aromatic heterocycles. The predicted octanol–water partition coefficient (Wildman–Crippen LogP) is 3.54. The molecular formula is C14H17N3S. The van der Waals surface area contributed by atoms with Gasteiger partial charge in [0.25, 0.3) is 0 Å². The second kappa shape index (κ2) is 4.35. The van der Waals surface area contributed by atoms with Gasteiger partial charge in [-0.2, -0.15) is 5.10 Å². The highest BCUT2D eigenvalue weighted by molar-refractivity contribution is 7.71. The SMILES string of the molecule is CCn1c([C@H]2C[C@@H]2c2ccc(C)cc2)n[nH]c1=S. The van der Waals surface area contributed by atoms with Crippen molar-refractivity contribution in [2.45, 2.75) is 38.6 Å². The van der Waals surface area contributed by atoms with Gasteiger partial charge in [0.15, 0.2) is 4.77 Å². The quantitative estimate of drug-likeness (QED) is 0.855. The maximum atomic E-state index is 5.24. The lowest BCUT2D eigenvalue weighted by molar-refractivity contribution is 0.687. The number of rotatable bonds is 3. The zero-order chi connectivity index (χ0) is 12.7. The van der Waals surface area contributed by atoms with E-state index in [2.05, 4.69) is 52.9 Å². The third-order valence-electron chi connectivity index (χ3n) is 3.73. The Hall–Kier alpha value is -1.42. The van der Waals surface area contributed by atoms with Gasteiger partial charge < -0.3 is 4.57 Å². The summed E-state index contributed by atoms with van der Waals surface area (Å²) in [6.45, 7) is 5.12. The van der Waals surface area contributed by atoms with Gasteiger partial charge in [0.2, 0.25) is 0 Å². The first-order valence-corrected chi connectivity index (χ1v) is 6.83. The summed E-state index contributed by atoms with van der Waals surface area (Å²) in [4.78, 5) is 0. The molecule has 3 nitrogen and oxygen atoms in total. The summed E-state index contributed by atoms with van der Waals surface area (Å²) >= 11 is 5.24. The Kier molecular flexibility index (Phi) is 2.82. The molecule has 1 aromatic carbocycles. The van der Waals surface area contributed by atoms with Crippen molar-refractivity contribution in [2.24, 2.45) is 0 Å². The van der Waals surface area contributed by atoms with E-state index in [0.717, 1.165) is 17.1 Å². The van der Waals surface area contributed by atoms with Gasteiger partial charge in [0, 0.05) is 12.5 Å². The number of H-pyrrole nitrogens is 1. The minimum Gasteiger partial charge on any atom is -0.304 e. The fourth-order valence-corrected chi connectivity index (χ4v) is 2.85. The summed E-state index contributed by atoms with van der Waals surface area (Å²) in [5.41, 5.74) is 2.73. The minimum absolute atomic E-state index is 0.528. The molecule has 1 aliphatic carbocycles. The van der Waals surface area contributed by atoms with Crippen molar-refractivity contribution in [3.63, 3.8) is 0 Å². The lowest BCUT2D eigenvalue weighted by Gasteiger charge is -2.03. The Balaban J connectivity index is 1.85. The number of hydrogen-bond acceptors (Lipinski definition) is 2. The molecule has 2 aromatic rings. The molecular weight excluding hydrogens is 242 g/mol. The van der Waals surface area contributed by atoms with Gasteiger partial charge in [0.05, 0.1) is 0 Å². The Morgan fingerprint density at radius 2 is 2.06 bits per heavy atom. The normalized spacial score (nSPS) is 22.1. The van der Waals surface area contributed by atoms with Crippen LogP contribution < -0.4 is 0 Å². The van der Waals surface area contributed by atoms with E-state index in [-0.39, 0.29) is 0 Å². The van der Waals surface area contributed by atoms with E-state index in [0.29, 0.717) is 11.8 Å². The molecule has 0 bridgehead atoms. The average Bonchev–Trinajstić information content (AvgIpc) is 3.07. The van der Waals surface area contributed by atoms with Crippen LogP contribution in [0.5, 0.6) is 0 Å². The molecule has 0 unspecified atom stereocenters. The summed E-state index contributed by atoms with van der Waals surface area (Å²) < 4.78 is 2.84. The first-order chi connectivity index (χ1) is 8.70. The fraction of sp³-hybridized carbons (Fsp3) is 0.429. The van der Waals surface area contributed by atoms with Gasteiger partial charge >= 0.3 is 0 Å². The number of aromatic nitrogens is 3. The molecule has 0 amide bonds. The van der Waals surface area contributed by atoms with Crippen molar-refractivity contribution in [1.29, 1.82) is 0 Å². The maximum Gasteiger partial charge on any atom is 0.195 e. The van der Waals surface area contributed by atoms with Crippen molar-refractivity contribution in [3.8, 4) is 0 Å². The van der Waals surface area contributed by atoms with E-state index in [1.165, 1.54) is 17.5 Å². The van der Waals surface area contributed by atoms with Gasteiger partial charge in [0.1, 0.15) is 5.82 Å². The topological polar surface area (TPSA) is 33.6 Å². The highest BCUT2D eigenvalue weighted by Gasteiger charge is 2.42. The van der Waals surface area contributed by atoms with Crippen LogP contribution >= 0.6 is 12.2 Å². The van der Waals surface area contributed by atoms with Crippen LogP contribution in [-0.4, -0.2) is 14.8 Å². The van der Waals surface area contributed by atoms with E-state index in [1.807, 2.05) is 0 Å². The van der Waals surface area contributed by atoms with Crippen molar-refractivity contribution < 1.29 is 0 Å². The number of hydrogen-bond donors (Lipinski definition) is 1. The van der Waals surface area contributed by atoms with E-state index < -0.39 is 0 Å². The second-order valence-corrected chi connectivity index (χ2v) is 5.38. The van der Waals surface area contributed by atoms with Crippen LogP contribution in [0.3, 0.4) is 0 Å². The highest BCUT2D eigenvalue weighted by atomic mass is 32.1. The minimum atomic E-state index is 0.528. The summed E-state index contributed by atoms with van der Waals surface area (Å²) in [6.07, 6.45) is 1.18. The lowest BCUT2D eigenvalue weighted by Crippen LogP contribution is -2.01. The second-order valence-electron chi connectivity index (χ2n) is 4.99. The predicted molar refractivity (Wildman–Crippen MR) is 74.4 cm³/mol. The van der Waals surface area contributed by atoms with Crippen molar-refractivity contribution >= 4 is 12.2 Å². The molecule has 0 aliphatic heterocycles. The highest BCUT2D eigenvalue weighted by Crippen LogP contribution is 2.53. The molecule has 0 radical (unpaired) electrons. The monoisotopic (exact) mass is 259 g/mol. The third kappa shape index (κ3) is 1.90. The molecule has 4 heteroatoms. The van der Waals surface area contributed by atoms with Gasteiger partial charge in [-0.05, 0) is 44.0 Å². The zero-order valence-corrected chi connectivity index (χ0v) is 11.5. The Morgan fingerprint density at radius 3 is 2.72 bits per heavy atom. The van der Waals surface area contributed by atoms with Gasteiger partial charge in [-0.15, -0.1) is 0 Å². The fourth-order valence-electron chi connectivity index (χ4n) is 2.58. The Morgan fingerprint density at radius 1 is 1.33 bits per heavy atom. The molecule has 18 heavy (non-hydrogen) atoms. The van der Waals surface area contributed by atoms with Gasteiger partial charge in [-0.25, -0.2) is 0 Å². The van der Waals surface area contributed by atoms with E-state index >= 15 is 0 Å². The molecule has 1 N–H and O–H groups in total. The summed E-state index contributed by atoms with van der Waals surface area (Å²) in [6, 6.07) is 8.83. The first kappa shape index (κ1) is 11.7. The van der Waals surface area contributed by atoms with Crippen molar-refractivity contribution in [2.75, 3.05) is 0 Å². The molecule has 94 valence electrons. The number of aryl methyl sites for hydroxylation is 1. The van der Waals surface area contributed by atoms with Crippen LogP contribution in [-0.2, 0) is 6.54 Å². The number of nitrogens with zero attached hydrogens (tertiary/aromatic N) is 2. The molecule has 1 aliphatic rings. The summed E-state index contributed by atoms with van der Waals surface area (Å²) in [5.74, 6) is 2.26. The Labute approximate surface area is 112 Å². The average molecular weight is 259 g/mol. The number of aromatic amines is 1. The zero-order valence-electron chi connectivity index (χ0n) is 10.7. The van der Waals surface area contributed by atoms with Gasteiger partial charge in [-0.3, -0.25) is 5.10 Å². The summed E-state index contributed by atoms with van der Waals surface area (Å²) in [7, 11) is 0. The molecule has 3 rings (SSSR count). The lowest BCUT2D eigenvalue weighted by atomic mass is 10.1. The van der Waals surface area contributed by atoms with Crippen LogP contribution in [0.4, 0.5) is 0 Å².